The Kier molecular flexibility index (Phi) is 5.30. The van der Waals surface area contributed by atoms with E-state index in [2.05, 4.69) is 5.32 Å². The lowest BCUT2D eigenvalue weighted by molar-refractivity contribution is -0.142. The van der Waals surface area contributed by atoms with Crippen molar-refractivity contribution in [3.63, 3.8) is 0 Å². The molecule has 0 aromatic heterocycles. The lowest BCUT2D eigenvalue weighted by atomic mass is 9.96. The molecule has 104 valence electrons. The van der Waals surface area contributed by atoms with E-state index in [-0.39, 0.29) is 23.0 Å². The number of rotatable bonds is 5. The van der Waals surface area contributed by atoms with Crippen LogP contribution in [0.3, 0.4) is 0 Å². The summed E-state index contributed by atoms with van der Waals surface area (Å²) >= 11 is 5.57. The molecule has 4 nitrogen and oxygen atoms in total. The topological polar surface area (TPSA) is 66.4 Å². The van der Waals surface area contributed by atoms with Crippen molar-refractivity contribution in [1.82, 2.24) is 5.32 Å². The highest BCUT2D eigenvalue weighted by Gasteiger charge is 2.23. The Labute approximate surface area is 115 Å². The molecule has 1 aromatic carbocycles. The van der Waals surface area contributed by atoms with Gasteiger partial charge in [-0.25, -0.2) is 4.39 Å². The van der Waals surface area contributed by atoms with E-state index in [1.54, 1.807) is 13.8 Å². The molecule has 6 heteroatoms. The molecule has 0 aliphatic rings. The maximum Gasteiger partial charge on any atom is 0.308 e. The summed E-state index contributed by atoms with van der Waals surface area (Å²) in [6.45, 7) is 3.42. The van der Waals surface area contributed by atoms with Crippen LogP contribution in [0.5, 0.6) is 0 Å². The van der Waals surface area contributed by atoms with E-state index in [0.29, 0.717) is 0 Å². The molecular formula is C13H15ClFNO3. The Bertz CT molecular complexity index is 491. The fraction of sp³-hybridized carbons (Fsp3) is 0.385. The minimum absolute atomic E-state index is 0.0578. The number of aliphatic carboxylic acids is 1. The summed E-state index contributed by atoms with van der Waals surface area (Å²) in [5.74, 6) is -3.33. The Balaban J connectivity index is 2.75. The third kappa shape index (κ3) is 3.92. The number of halogens is 2. The van der Waals surface area contributed by atoms with Gasteiger partial charge in [0.15, 0.2) is 5.82 Å². The van der Waals surface area contributed by atoms with Gasteiger partial charge in [0.1, 0.15) is 0 Å². The number of benzene rings is 1. The summed E-state index contributed by atoms with van der Waals surface area (Å²) in [6.07, 6.45) is 0. The van der Waals surface area contributed by atoms with Crippen LogP contribution in [0, 0.1) is 17.7 Å². The third-order valence-corrected chi connectivity index (χ3v) is 3.09. The van der Waals surface area contributed by atoms with E-state index < -0.39 is 23.6 Å². The first-order valence-corrected chi connectivity index (χ1v) is 6.17. The van der Waals surface area contributed by atoms with Crippen molar-refractivity contribution in [3.8, 4) is 0 Å². The van der Waals surface area contributed by atoms with Crippen LogP contribution in [-0.4, -0.2) is 23.5 Å². The quantitative estimate of drug-likeness (QED) is 0.875. The van der Waals surface area contributed by atoms with Gasteiger partial charge in [0, 0.05) is 6.54 Å². The normalized spacial score (nSPS) is 12.3. The van der Waals surface area contributed by atoms with Gasteiger partial charge in [0.25, 0.3) is 5.91 Å². The number of nitrogens with one attached hydrogen (secondary N) is 1. The molecule has 0 aliphatic carbocycles. The largest absolute Gasteiger partial charge is 0.481 e. The molecule has 0 fully saturated rings. The zero-order valence-electron chi connectivity index (χ0n) is 10.6. The Morgan fingerprint density at radius 1 is 1.42 bits per heavy atom. The van der Waals surface area contributed by atoms with Crippen molar-refractivity contribution >= 4 is 23.5 Å². The Morgan fingerprint density at radius 3 is 2.58 bits per heavy atom. The molecule has 0 heterocycles. The Morgan fingerprint density at radius 2 is 2.05 bits per heavy atom. The molecule has 0 saturated heterocycles. The first kappa shape index (κ1) is 15.4. The average molecular weight is 288 g/mol. The highest BCUT2D eigenvalue weighted by Crippen LogP contribution is 2.18. The van der Waals surface area contributed by atoms with E-state index in [4.69, 9.17) is 16.7 Å². The predicted molar refractivity (Wildman–Crippen MR) is 69.7 cm³/mol. The van der Waals surface area contributed by atoms with Crippen LogP contribution >= 0.6 is 11.6 Å². The van der Waals surface area contributed by atoms with Crippen molar-refractivity contribution in [2.45, 2.75) is 13.8 Å². The lowest BCUT2D eigenvalue weighted by Gasteiger charge is -2.16. The first-order valence-electron chi connectivity index (χ1n) is 5.79. The predicted octanol–water partition coefficient (Wildman–Crippen LogP) is 2.57. The van der Waals surface area contributed by atoms with E-state index in [9.17, 15) is 14.0 Å². The van der Waals surface area contributed by atoms with Gasteiger partial charge in [-0.2, -0.15) is 0 Å². The highest BCUT2D eigenvalue weighted by atomic mass is 35.5. The van der Waals surface area contributed by atoms with Crippen molar-refractivity contribution < 1.29 is 19.1 Å². The summed E-state index contributed by atoms with van der Waals surface area (Å²) in [5, 5.41) is 11.2. The van der Waals surface area contributed by atoms with Crippen LogP contribution in [-0.2, 0) is 4.79 Å². The van der Waals surface area contributed by atoms with Crippen molar-refractivity contribution in [2.75, 3.05) is 6.54 Å². The van der Waals surface area contributed by atoms with E-state index >= 15 is 0 Å². The molecule has 19 heavy (non-hydrogen) atoms. The zero-order valence-corrected chi connectivity index (χ0v) is 11.4. The van der Waals surface area contributed by atoms with Crippen LogP contribution in [0.25, 0.3) is 0 Å². The highest BCUT2D eigenvalue weighted by molar-refractivity contribution is 6.31. The molecule has 2 N–H and O–H groups in total. The summed E-state index contributed by atoms with van der Waals surface area (Å²) < 4.78 is 13.6. The van der Waals surface area contributed by atoms with Crippen LogP contribution in [0.4, 0.5) is 4.39 Å². The number of amides is 1. The lowest BCUT2D eigenvalue weighted by Crippen LogP contribution is -2.35. The molecular weight excluding hydrogens is 273 g/mol. The smallest absolute Gasteiger partial charge is 0.308 e. The molecule has 1 amide bonds. The molecule has 0 saturated carbocycles. The number of carbonyl (C=O) groups is 2. The minimum Gasteiger partial charge on any atom is -0.481 e. The summed E-state index contributed by atoms with van der Waals surface area (Å²) in [7, 11) is 0. The molecule has 1 atom stereocenters. The van der Waals surface area contributed by atoms with Crippen molar-refractivity contribution in [1.29, 1.82) is 0 Å². The van der Waals surface area contributed by atoms with Gasteiger partial charge in [-0.1, -0.05) is 31.5 Å². The van der Waals surface area contributed by atoms with Gasteiger partial charge in [-0.15, -0.1) is 0 Å². The SMILES string of the molecule is CC(C)C(CNC(=O)c1cccc(Cl)c1F)C(=O)O. The number of carboxylic acid groups (broad SMARTS) is 1. The number of hydrogen-bond acceptors (Lipinski definition) is 2. The van der Waals surface area contributed by atoms with Crippen LogP contribution < -0.4 is 5.32 Å². The fourth-order valence-electron chi connectivity index (χ4n) is 1.59. The number of carbonyl (C=O) groups excluding carboxylic acids is 1. The molecule has 1 rings (SSSR count). The molecule has 0 bridgehead atoms. The average Bonchev–Trinajstić information content (AvgIpc) is 2.31. The molecule has 0 radical (unpaired) electrons. The molecule has 0 spiro atoms. The Hall–Kier alpha value is -1.62. The second-order valence-corrected chi connectivity index (χ2v) is 4.91. The monoisotopic (exact) mass is 287 g/mol. The third-order valence-electron chi connectivity index (χ3n) is 2.80. The van der Waals surface area contributed by atoms with E-state index in [1.807, 2.05) is 0 Å². The van der Waals surface area contributed by atoms with Gasteiger partial charge in [-0.05, 0) is 18.1 Å². The first-order chi connectivity index (χ1) is 8.84. The maximum atomic E-state index is 13.6. The maximum absolute atomic E-state index is 13.6. The summed E-state index contributed by atoms with van der Waals surface area (Å²) in [6, 6.07) is 4.08. The van der Waals surface area contributed by atoms with Crippen LogP contribution in [0.15, 0.2) is 18.2 Å². The fourth-order valence-corrected chi connectivity index (χ4v) is 1.76. The number of carboxylic acids is 1. The molecule has 1 unspecified atom stereocenters. The van der Waals surface area contributed by atoms with Gasteiger partial charge < -0.3 is 10.4 Å². The number of hydrogen-bond donors (Lipinski definition) is 2. The molecule has 1 aromatic rings. The summed E-state index contributed by atoms with van der Waals surface area (Å²) in [4.78, 5) is 22.7. The van der Waals surface area contributed by atoms with Crippen LogP contribution in [0.1, 0.15) is 24.2 Å². The van der Waals surface area contributed by atoms with Gasteiger partial charge in [0.2, 0.25) is 0 Å². The van der Waals surface area contributed by atoms with Gasteiger partial charge in [-0.3, -0.25) is 9.59 Å². The van der Waals surface area contributed by atoms with Gasteiger partial charge >= 0.3 is 5.97 Å². The standard InChI is InChI=1S/C13H15ClFNO3/c1-7(2)9(13(18)19)6-16-12(17)8-4-3-5-10(14)11(8)15/h3-5,7,9H,6H2,1-2H3,(H,16,17)(H,18,19). The van der Waals surface area contributed by atoms with Crippen LogP contribution in [0.2, 0.25) is 5.02 Å². The second kappa shape index (κ2) is 6.52. The second-order valence-electron chi connectivity index (χ2n) is 4.50. The van der Waals surface area contributed by atoms with Crippen molar-refractivity contribution in [2.24, 2.45) is 11.8 Å². The minimum atomic E-state index is -0.998. The summed E-state index contributed by atoms with van der Waals surface area (Å²) in [5.41, 5.74) is -0.194. The molecule has 0 aliphatic heterocycles. The van der Waals surface area contributed by atoms with Crippen molar-refractivity contribution in [3.05, 3.63) is 34.6 Å². The van der Waals surface area contributed by atoms with Gasteiger partial charge in [0.05, 0.1) is 16.5 Å². The zero-order chi connectivity index (χ0) is 14.6. The van der Waals surface area contributed by atoms with E-state index in [0.717, 1.165) is 0 Å². The van der Waals surface area contributed by atoms with E-state index in [1.165, 1.54) is 18.2 Å².